The van der Waals surface area contributed by atoms with Gasteiger partial charge in [-0.2, -0.15) is 0 Å². The van der Waals surface area contributed by atoms with Crippen molar-refractivity contribution >= 4 is 30.3 Å². The molecule has 2 atom stereocenters. The molecule has 0 aromatic heterocycles. The number of carbonyl (C=O) groups excluding carboxylic acids is 2. The predicted octanol–water partition coefficient (Wildman–Crippen LogP) is 5.97. The number of ether oxygens (including phenoxy) is 2. The van der Waals surface area contributed by atoms with E-state index in [0.29, 0.717) is 19.6 Å². The summed E-state index contributed by atoms with van der Waals surface area (Å²) in [6.45, 7) is 11.2. The van der Waals surface area contributed by atoms with Crippen molar-refractivity contribution in [2.45, 2.75) is 97.3 Å². The Labute approximate surface area is 171 Å². The standard InChI is InChI=1S/C10H15O4.3C4H9.Sn/c1-4-13-8(11)7-6-10(7,3)9(12)14-5-2;3*1-3-4-2;/h7H,3-6H2,1-2H3;3*1,3-4H2,2H3;/t7-,10-;;;;/m0..../s1. The van der Waals surface area contributed by atoms with Crippen LogP contribution in [0.25, 0.3) is 0 Å². The van der Waals surface area contributed by atoms with Gasteiger partial charge in [0.25, 0.3) is 0 Å². The van der Waals surface area contributed by atoms with E-state index in [1.165, 1.54) is 51.8 Å². The van der Waals surface area contributed by atoms with Crippen LogP contribution in [0.5, 0.6) is 0 Å². The summed E-state index contributed by atoms with van der Waals surface area (Å²) in [5.74, 6) is -0.585. The second kappa shape index (κ2) is 12.3. The van der Waals surface area contributed by atoms with E-state index in [1.54, 1.807) is 0 Å². The van der Waals surface area contributed by atoms with Crippen LogP contribution in [-0.2, 0) is 19.1 Å². The van der Waals surface area contributed by atoms with Crippen LogP contribution in [0.15, 0.2) is 0 Å². The Bertz CT molecular complexity index is 443. The predicted molar refractivity (Wildman–Crippen MR) is 114 cm³/mol. The first kappa shape index (κ1) is 24.8. The van der Waals surface area contributed by atoms with E-state index in [1.807, 2.05) is 13.8 Å². The Morgan fingerprint density at radius 1 is 0.852 bits per heavy atom. The SMILES string of the molecule is CCC[CH2][Sn]([CH2]CCC)([CH2]CCC)[CH2][C@]1(C(=O)OCC)C[C@H]1C(=O)OCC. The summed E-state index contributed by atoms with van der Waals surface area (Å²) in [5, 5.41) is 0. The average Bonchev–Trinajstić information content (AvgIpc) is 3.38. The Kier molecular flexibility index (Phi) is 11.3. The average molecular weight is 489 g/mol. The van der Waals surface area contributed by atoms with Crippen molar-refractivity contribution in [2.24, 2.45) is 11.3 Å². The molecule has 158 valence electrons. The van der Waals surface area contributed by atoms with Gasteiger partial charge in [0.1, 0.15) is 0 Å². The molecule has 0 unspecified atom stereocenters. The summed E-state index contributed by atoms with van der Waals surface area (Å²) < 4.78 is 15.8. The summed E-state index contributed by atoms with van der Waals surface area (Å²) in [4.78, 5) is 25.4. The minimum atomic E-state index is -2.55. The molecule has 0 bridgehead atoms. The second-order valence-corrected chi connectivity index (χ2v) is 22.2. The van der Waals surface area contributed by atoms with Gasteiger partial charge in [-0.15, -0.1) is 0 Å². The van der Waals surface area contributed by atoms with Crippen LogP contribution >= 0.6 is 0 Å². The number of rotatable bonds is 15. The zero-order valence-corrected chi connectivity index (χ0v) is 21.3. The minimum absolute atomic E-state index is 0.131. The molecule has 0 spiro atoms. The molecule has 27 heavy (non-hydrogen) atoms. The molecule has 0 saturated heterocycles. The molecule has 0 heterocycles. The van der Waals surface area contributed by atoms with E-state index in [0.717, 1.165) is 4.44 Å². The monoisotopic (exact) mass is 490 g/mol. The maximum absolute atomic E-state index is 12.9. The number of hydrogen-bond donors (Lipinski definition) is 0. The molecule has 5 heteroatoms. The van der Waals surface area contributed by atoms with Gasteiger partial charge in [-0.25, -0.2) is 0 Å². The first-order valence-corrected chi connectivity index (χ1v) is 19.4. The van der Waals surface area contributed by atoms with Gasteiger partial charge in [0.05, 0.1) is 0 Å². The maximum atomic E-state index is 12.9. The van der Waals surface area contributed by atoms with E-state index >= 15 is 0 Å². The normalized spacial score (nSPS) is 21.7. The van der Waals surface area contributed by atoms with Gasteiger partial charge in [-0.1, -0.05) is 0 Å². The van der Waals surface area contributed by atoms with Crippen molar-refractivity contribution in [1.82, 2.24) is 0 Å². The molecule has 0 aliphatic heterocycles. The zero-order chi connectivity index (χ0) is 20.3. The summed E-state index contributed by atoms with van der Waals surface area (Å²) in [6, 6.07) is 0. The van der Waals surface area contributed by atoms with Crippen LogP contribution < -0.4 is 0 Å². The number of carbonyl (C=O) groups is 2. The van der Waals surface area contributed by atoms with Crippen molar-refractivity contribution in [3.8, 4) is 0 Å². The number of esters is 2. The third-order valence-electron chi connectivity index (χ3n) is 6.20. The van der Waals surface area contributed by atoms with Crippen LogP contribution in [0.2, 0.25) is 17.7 Å². The molecule has 1 aliphatic carbocycles. The molecule has 0 aromatic rings. The Hall–Kier alpha value is -0.261. The molecular weight excluding hydrogens is 447 g/mol. The van der Waals surface area contributed by atoms with Crippen LogP contribution in [0.3, 0.4) is 0 Å². The van der Waals surface area contributed by atoms with Crippen LogP contribution in [0.4, 0.5) is 0 Å². The number of hydrogen-bond acceptors (Lipinski definition) is 4. The van der Waals surface area contributed by atoms with Crippen LogP contribution in [-0.4, -0.2) is 43.5 Å². The fraction of sp³-hybridized carbons (Fsp3) is 0.909. The van der Waals surface area contributed by atoms with Crippen molar-refractivity contribution in [1.29, 1.82) is 0 Å². The van der Waals surface area contributed by atoms with Gasteiger partial charge in [0, 0.05) is 0 Å². The Morgan fingerprint density at radius 2 is 1.33 bits per heavy atom. The van der Waals surface area contributed by atoms with Gasteiger partial charge in [0.15, 0.2) is 0 Å². The van der Waals surface area contributed by atoms with E-state index in [9.17, 15) is 9.59 Å². The molecule has 0 aromatic carbocycles. The van der Waals surface area contributed by atoms with Crippen molar-refractivity contribution in [2.75, 3.05) is 13.2 Å². The third kappa shape index (κ3) is 6.93. The van der Waals surface area contributed by atoms with Crippen molar-refractivity contribution in [3.05, 3.63) is 0 Å². The molecule has 1 saturated carbocycles. The third-order valence-corrected chi connectivity index (χ3v) is 22.3. The Balaban J connectivity index is 3.11. The van der Waals surface area contributed by atoms with Crippen LogP contribution in [0.1, 0.15) is 79.6 Å². The molecule has 4 nitrogen and oxygen atoms in total. The van der Waals surface area contributed by atoms with Gasteiger partial charge in [-0.05, 0) is 0 Å². The first-order valence-electron chi connectivity index (χ1n) is 11.3. The van der Waals surface area contributed by atoms with Crippen LogP contribution in [0, 0.1) is 11.3 Å². The van der Waals surface area contributed by atoms with Gasteiger partial charge in [-0.3, -0.25) is 0 Å². The van der Waals surface area contributed by atoms with E-state index in [-0.39, 0.29) is 17.9 Å². The fourth-order valence-corrected chi connectivity index (χ4v) is 23.0. The topological polar surface area (TPSA) is 52.6 Å². The van der Waals surface area contributed by atoms with E-state index < -0.39 is 23.8 Å². The van der Waals surface area contributed by atoms with Crippen molar-refractivity contribution in [3.63, 3.8) is 0 Å². The summed E-state index contributed by atoms with van der Waals surface area (Å²) in [6.07, 6.45) is 8.10. The van der Waals surface area contributed by atoms with Gasteiger partial charge in [0.2, 0.25) is 0 Å². The molecule has 0 N–H and O–H groups in total. The molecule has 1 aliphatic rings. The second-order valence-electron chi connectivity index (χ2n) is 8.37. The van der Waals surface area contributed by atoms with Gasteiger partial charge < -0.3 is 0 Å². The molecule has 0 radical (unpaired) electrons. The zero-order valence-electron chi connectivity index (χ0n) is 18.4. The molecule has 1 fully saturated rings. The van der Waals surface area contributed by atoms with Gasteiger partial charge >= 0.3 is 171 Å². The molecular formula is C22H42O4Sn. The summed E-state index contributed by atoms with van der Waals surface area (Å²) >= 11 is -2.55. The first-order chi connectivity index (χ1) is 12.9. The van der Waals surface area contributed by atoms with E-state index in [4.69, 9.17) is 9.47 Å². The summed E-state index contributed by atoms with van der Waals surface area (Å²) in [7, 11) is 0. The van der Waals surface area contributed by atoms with E-state index in [2.05, 4.69) is 20.8 Å². The summed E-state index contributed by atoms with van der Waals surface area (Å²) in [5.41, 5.74) is -0.562. The van der Waals surface area contributed by atoms with Crippen molar-refractivity contribution < 1.29 is 19.1 Å². The fourth-order valence-electron chi connectivity index (χ4n) is 4.59. The quantitative estimate of drug-likeness (QED) is 0.210. The molecule has 0 amide bonds. The Morgan fingerprint density at radius 3 is 1.74 bits per heavy atom. The molecule has 1 rings (SSSR count). The number of unbranched alkanes of at least 4 members (excludes halogenated alkanes) is 3.